The van der Waals surface area contributed by atoms with Crippen molar-refractivity contribution in [2.24, 2.45) is 5.92 Å². The molecule has 31 heavy (non-hydrogen) atoms. The summed E-state index contributed by atoms with van der Waals surface area (Å²) in [6.07, 6.45) is 2.52. The van der Waals surface area contributed by atoms with Gasteiger partial charge in [-0.25, -0.2) is 4.79 Å². The van der Waals surface area contributed by atoms with Gasteiger partial charge in [0.1, 0.15) is 9.92 Å². The van der Waals surface area contributed by atoms with Crippen LogP contribution >= 0.6 is 35.6 Å². The van der Waals surface area contributed by atoms with Gasteiger partial charge in [0.2, 0.25) is 5.91 Å². The summed E-state index contributed by atoms with van der Waals surface area (Å²) >= 11 is 13.2. The molecule has 0 N–H and O–H groups in total. The summed E-state index contributed by atoms with van der Waals surface area (Å²) < 4.78 is 6.22. The molecule has 2 saturated heterocycles. The number of halogens is 1. The molecule has 0 bridgehead atoms. The second kappa shape index (κ2) is 10.5. The van der Waals surface area contributed by atoms with Gasteiger partial charge in [-0.15, -0.1) is 11.6 Å². The molecule has 0 aliphatic carbocycles. The lowest BCUT2D eigenvalue weighted by Crippen LogP contribution is -2.51. The third kappa shape index (κ3) is 6.14. The highest BCUT2D eigenvalue weighted by molar-refractivity contribution is 8.23. The van der Waals surface area contributed by atoms with Gasteiger partial charge in [0.05, 0.1) is 12.0 Å². The third-order valence-corrected chi connectivity index (χ3v) is 7.41. The summed E-state index contributed by atoms with van der Waals surface area (Å²) in [6.45, 7) is 6.15. The lowest BCUT2D eigenvalue weighted by molar-refractivity contribution is -0.134. The van der Waals surface area contributed by atoms with E-state index in [4.69, 9.17) is 28.6 Å². The van der Waals surface area contributed by atoms with Gasteiger partial charge < -0.3 is 9.64 Å². The van der Waals surface area contributed by atoms with Gasteiger partial charge in [0.25, 0.3) is 0 Å². The number of carbonyl (C=O) groups excluding carboxylic acids is 2. The van der Waals surface area contributed by atoms with Gasteiger partial charge in [0, 0.05) is 24.2 Å². The number of rotatable bonds is 6. The van der Waals surface area contributed by atoms with Crippen molar-refractivity contribution in [1.82, 2.24) is 9.80 Å². The highest BCUT2D eigenvalue weighted by Gasteiger charge is 2.44. The number of nitrogens with zero attached hydrogens (tertiary/aromatic N) is 2. The molecule has 5 nitrogen and oxygen atoms in total. The zero-order valence-corrected chi connectivity index (χ0v) is 20.8. The Balaban J connectivity index is 1.79. The van der Waals surface area contributed by atoms with Crippen molar-refractivity contribution in [2.45, 2.75) is 64.1 Å². The maximum Gasteiger partial charge on any atom is 0.410 e. The van der Waals surface area contributed by atoms with E-state index in [0.717, 1.165) is 25.0 Å². The van der Waals surface area contributed by atoms with Crippen LogP contribution in [0.15, 0.2) is 30.3 Å². The first kappa shape index (κ1) is 24.3. The predicted molar refractivity (Wildman–Crippen MR) is 131 cm³/mol. The van der Waals surface area contributed by atoms with Crippen LogP contribution in [0.1, 0.15) is 45.6 Å². The molecule has 0 spiro atoms. The molecule has 1 aromatic carbocycles. The summed E-state index contributed by atoms with van der Waals surface area (Å²) in [7, 11) is 0. The second-order valence-corrected chi connectivity index (χ2v) is 11.1. The molecular formula is C23H31ClN2O3S2. The summed E-state index contributed by atoms with van der Waals surface area (Å²) in [5.41, 5.74) is 0.602. The van der Waals surface area contributed by atoms with Crippen molar-refractivity contribution >= 4 is 51.9 Å². The molecular weight excluding hydrogens is 452 g/mol. The molecule has 0 radical (unpaired) electrons. The van der Waals surface area contributed by atoms with Crippen LogP contribution in [0.4, 0.5) is 4.79 Å². The van der Waals surface area contributed by atoms with Crippen LogP contribution in [-0.4, -0.2) is 62.0 Å². The Morgan fingerprint density at radius 3 is 2.65 bits per heavy atom. The number of ether oxygens (including phenoxy) is 1. The number of likely N-dealkylation sites (tertiary alicyclic amines) is 1. The molecule has 3 rings (SSSR count). The summed E-state index contributed by atoms with van der Waals surface area (Å²) in [6, 6.07) is 9.96. The Bertz CT molecular complexity index is 800. The number of hydrogen-bond donors (Lipinski definition) is 0. The minimum Gasteiger partial charge on any atom is -0.444 e. The fourth-order valence-corrected chi connectivity index (χ4v) is 5.96. The average Bonchev–Trinajstić information content (AvgIpc) is 3.32. The predicted octanol–water partition coefficient (Wildman–Crippen LogP) is 5.10. The summed E-state index contributed by atoms with van der Waals surface area (Å²) in [4.78, 5) is 30.1. The lowest BCUT2D eigenvalue weighted by Gasteiger charge is -2.35. The normalized spacial score (nSPS) is 22.6. The van der Waals surface area contributed by atoms with E-state index in [0.29, 0.717) is 23.2 Å². The molecule has 3 atom stereocenters. The lowest BCUT2D eigenvalue weighted by atomic mass is 9.92. The summed E-state index contributed by atoms with van der Waals surface area (Å²) in [5, 5.41) is 0. The Morgan fingerprint density at radius 1 is 1.29 bits per heavy atom. The first-order valence-corrected chi connectivity index (χ1v) is 12.7. The zero-order valence-electron chi connectivity index (χ0n) is 18.4. The van der Waals surface area contributed by atoms with Crippen LogP contribution in [0, 0.1) is 5.92 Å². The van der Waals surface area contributed by atoms with Crippen molar-refractivity contribution < 1.29 is 14.3 Å². The molecule has 2 fully saturated rings. The minimum absolute atomic E-state index is 0.0154. The van der Waals surface area contributed by atoms with Crippen LogP contribution in [-0.2, 0) is 16.0 Å². The minimum atomic E-state index is -0.579. The molecule has 0 unspecified atom stereocenters. The van der Waals surface area contributed by atoms with E-state index in [1.54, 1.807) is 21.6 Å². The third-order valence-electron chi connectivity index (χ3n) is 5.64. The quantitative estimate of drug-likeness (QED) is 0.417. The van der Waals surface area contributed by atoms with Crippen LogP contribution in [0.3, 0.4) is 0 Å². The molecule has 2 amide bonds. The van der Waals surface area contributed by atoms with Gasteiger partial charge in [-0.2, -0.15) is 0 Å². The number of benzene rings is 1. The van der Waals surface area contributed by atoms with Gasteiger partial charge in [-0.1, -0.05) is 54.3 Å². The zero-order chi connectivity index (χ0) is 22.6. The first-order chi connectivity index (χ1) is 14.7. The van der Waals surface area contributed by atoms with Crippen LogP contribution < -0.4 is 0 Å². The van der Waals surface area contributed by atoms with E-state index < -0.39 is 5.60 Å². The Kier molecular flexibility index (Phi) is 8.27. The Morgan fingerprint density at radius 2 is 2.00 bits per heavy atom. The smallest absolute Gasteiger partial charge is 0.410 e. The van der Waals surface area contributed by atoms with Crippen molar-refractivity contribution in [3.05, 3.63) is 35.9 Å². The maximum absolute atomic E-state index is 13.8. The number of alkyl halides is 1. The van der Waals surface area contributed by atoms with Gasteiger partial charge >= 0.3 is 6.09 Å². The van der Waals surface area contributed by atoms with E-state index in [-0.39, 0.29) is 30.0 Å². The van der Waals surface area contributed by atoms with Gasteiger partial charge in [0.15, 0.2) is 0 Å². The number of hydrogen-bond acceptors (Lipinski definition) is 5. The monoisotopic (exact) mass is 482 g/mol. The first-order valence-electron chi connectivity index (χ1n) is 10.8. The Hall–Kier alpha value is -1.31. The summed E-state index contributed by atoms with van der Waals surface area (Å²) in [5.74, 6) is 0.735. The second-order valence-electron chi connectivity index (χ2n) is 9.10. The van der Waals surface area contributed by atoms with Crippen molar-refractivity contribution in [2.75, 3.05) is 18.2 Å². The van der Waals surface area contributed by atoms with Crippen LogP contribution in [0.5, 0.6) is 0 Å². The standard InChI is InChI=1S/C23H31ClN2O3S2/c1-23(2,3)29-21(28)25-13-7-10-19(25)18(11-12-24)20(27)26-17(15-31-22(26)30)14-16-8-5-4-6-9-16/h4-6,8-9,17-19H,7,10-15H2,1-3H3/t17-,18+,19+/m0/s1. The fourth-order valence-electron chi connectivity index (χ4n) is 4.30. The fraction of sp³-hybridized carbons (Fsp3) is 0.609. The van der Waals surface area contributed by atoms with E-state index in [1.165, 1.54) is 5.56 Å². The molecule has 2 heterocycles. The van der Waals surface area contributed by atoms with Crippen LogP contribution in [0.2, 0.25) is 0 Å². The number of thiocarbonyl (C=S) groups is 1. The van der Waals surface area contributed by atoms with Crippen molar-refractivity contribution in [3.8, 4) is 0 Å². The molecule has 8 heteroatoms. The highest BCUT2D eigenvalue weighted by Crippen LogP contribution is 2.34. The molecule has 170 valence electrons. The topological polar surface area (TPSA) is 49.9 Å². The molecule has 0 aromatic heterocycles. The van der Waals surface area contributed by atoms with Crippen molar-refractivity contribution in [3.63, 3.8) is 0 Å². The number of carbonyl (C=O) groups is 2. The van der Waals surface area contributed by atoms with E-state index in [1.807, 2.05) is 39.0 Å². The maximum atomic E-state index is 13.8. The van der Waals surface area contributed by atoms with Crippen molar-refractivity contribution in [1.29, 1.82) is 0 Å². The van der Waals surface area contributed by atoms with E-state index in [2.05, 4.69) is 12.1 Å². The molecule has 2 aliphatic heterocycles. The highest BCUT2D eigenvalue weighted by atomic mass is 35.5. The Labute approximate surface area is 199 Å². The van der Waals surface area contributed by atoms with E-state index in [9.17, 15) is 9.59 Å². The molecule has 0 saturated carbocycles. The SMILES string of the molecule is CC(C)(C)OC(=O)N1CCC[C@@H]1[C@@H](CCCl)C(=O)N1C(=S)SC[C@@H]1Cc1ccccc1. The van der Waals surface area contributed by atoms with Crippen LogP contribution in [0.25, 0.3) is 0 Å². The number of thioether (sulfide) groups is 1. The largest absolute Gasteiger partial charge is 0.444 e. The van der Waals surface area contributed by atoms with E-state index >= 15 is 0 Å². The molecule has 1 aromatic rings. The van der Waals surface area contributed by atoms with Gasteiger partial charge in [-0.3, -0.25) is 9.69 Å². The van der Waals surface area contributed by atoms with Gasteiger partial charge in [-0.05, 0) is 52.0 Å². The average molecular weight is 483 g/mol. The number of amides is 2. The molecule has 2 aliphatic rings.